The van der Waals surface area contributed by atoms with Crippen molar-refractivity contribution in [3.8, 4) is 11.3 Å². The molecule has 0 spiro atoms. The third kappa shape index (κ3) is 1.04. The van der Waals surface area contributed by atoms with Gasteiger partial charge in [0.2, 0.25) is 0 Å². The Kier molecular flexibility index (Phi) is 1.47. The van der Waals surface area contributed by atoms with E-state index < -0.39 is 0 Å². The number of hydrogen-bond acceptors (Lipinski definition) is 2. The first-order valence-electron chi connectivity index (χ1n) is 4.54. The van der Waals surface area contributed by atoms with E-state index in [1.807, 2.05) is 18.2 Å². The molecule has 0 saturated carbocycles. The lowest BCUT2D eigenvalue weighted by Crippen LogP contribution is -1.67. The monoisotopic (exact) mass is 180 g/mol. The maximum atomic E-state index is 4.03. The Morgan fingerprint density at radius 3 is 2.64 bits per heavy atom. The summed E-state index contributed by atoms with van der Waals surface area (Å²) in [5, 5.41) is 10.4. The second-order valence-electron chi connectivity index (χ2n) is 3.29. The van der Waals surface area contributed by atoms with Crippen LogP contribution in [0, 0.1) is 0 Å². The molecule has 0 unspecified atom stereocenters. The van der Waals surface area contributed by atoms with Crippen LogP contribution in [0.1, 0.15) is 0 Å². The number of nitrogens with zero attached hydrogens (tertiary/aromatic N) is 2. The Labute approximate surface area is 81.6 Å². The van der Waals surface area contributed by atoms with Gasteiger partial charge in [0.15, 0.2) is 0 Å². The Bertz CT molecular complexity index is 560. The highest BCUT2D eigenvalue weighted by molar-refractivity contribution is 5.85. The van der Waals surface area contributed by atoms with Crippen LogP contribution in [0.15, 0.2) is 48.7 Å². The average molecular weight is 180 g/mol. The quantitative estimate of drug-likeness (QED) is 0.531. The highest BCUT2D eigenvalue weighted by Gasteiger charge is 2.02. The molecule has 2 aliphatic rings. The zero-order valence-electron chi connectivity index (χ0n) is 7.51. The molecule has 1 heterocycles. The fourth-order valence-corrected chi connectivity index (χ4v) is 1.65. The highest BCUT2D eigenvalue weighted by Crippen LogP contribution is 2.22. The topological polar surface area (TPSA) is 25.8 Å². The molecule has 66 valence electrons. The zero-order valence-corrected chi connectivity index (χ0v) is 7.51. The van der Waals surface area contributed by atoms with Crippen molar-refractivity contribution >= 4 is 10.8 Å². The van der Waals surface area contributed by atoms with Crippen molar-refractivity contribution in [3.63, 3.8) is 0 Å². The summed E-state index contributed by atoms with van der Waals surface area (Å²) in [5.74, 6) is 0. The van der Waals surface area contributed by atoms with Gasteiger partial charge in [-0.3, -0.25) is 0 Å². The summed E-state index contributed by atoms with van der Waals surface area (Å²) in [6.07, 6.45) is 1.79. The van der Waals surface area contributed by atoms with E-state index in [9.17, 15) is 0 Å². The highest BCUT2D eigenvalue weighted by atomic mass is 15.1. The third-order valence-corrected chi connectivity index (χ3v) is 2.39. The third-order valence-electron chi connectivity index (χ3n) is 2.39. The smallest absolute Gasteiger partial charge is 0.0945 e. The molecule has 0 N–H and O–H groups in total. The first-order valence-corrected chi connectivity index (χ1v) is 4.54. The molecular weight excluding hydrogens is 172 g/mol. The SMILES string of the molecule is c1ccc2cc3cnnc-3ccc2c1. The molecule has 2 nitrogen and oxygen atoms in total. The van der Waals surface area contributed by atoms with Crippen molar-refractivity contribution in [1.29, 1.82) is 0 Å². The summed E-state index contributed by atoms with van der Waals surface area (Å²) in [6, 6.07) is 14.5. The first kappa shape index (κ1) is 7.44. The molecule has 1 aliphatic carbocycles. The largest absolute Gasteiger partial charge is 0.158 e. The number of benzene rings is 1. The van der Waals surface area contributed by atoms with Gasteiger partial charge >= 0.3 is 0 Å². The van der Waals surface area contributed by atoms with Gasteiger partial charge in [0.1, 0.15) is 0 Å². The summed E-state index contributed by atoms with van der Waals surface area (Å²) in [5.41, 5.74) is 2.03. The van der Waals surface area contributed by atoms with E-state index in [1.165, 1.54) is 10.8 Å². The van der Waals surface area contributed by atoms with Gasteiger partial charge in [-0.15, -0.1) is 0 Å². The van der Waals surface area contributed by atoms with Crippen molar-refractivity contribution in [2.45, 2.75) is 0 Å². The fraction of sp³-hybridized carbons (Fsp3) is 0. The maximum absolute atomic E-state index is 4.03. The fourth-order valence-electron chi connectivity index (χ4n) is 1.65. The summed E-state index contributed by atoms with van der Waals surface area (Å²) in [6.45, 7) is 0. The van der Waals surface area contributed by atoms with Gasteiger partial charge in [-0.2, -0.15) is 10.2 Å². The molecule has 0 radical (unpaired) electrons. The van der Waals surface area contributed by atoms with Gasteiger partial charge in [0, 0.05) is 5.56 Å². The molecule has 0 fully saturated rings. The zero-order chi connectivity index (χ0) is 9.38. The van der Waals surface area contributed by atoms with Crippen molar-refractivity contribution in [2.24, 2.45) is 0 Å². The summed E-state index contributed by atoms with van der Waals surface area (Å²) >= 11 is 0. The predicted octanol–water partition coefficient (Wildman–Crippen LogP) is 2.73. The van der Waals surface area contributed by atoms with E-state index in [2.05, 4.69) is 34.5 Å². The van der Waals surface area contributed by atoms with Crippen molar-refractivity contribution < 1.29 is 0 Å². The van der Waals surface area contributed by atoms with Gasteiger partial charge in [-0.05, 0) is 22.9 Å². The summed E-state index contributed by atoms with van der Waals surface area (Å²) < 4.78 is 0. The van der Waals surface area contributed by atoms with Gasteiger partial charge in [-0.25, -0.2) is 0 Å². The van der Waals surface area contributed by atoms with E-state index in [0.29, 0.717) is 0 Å². The van der Waals surface area contributed by atoms with Crippen LogP contribution in [0.25, 0.3) is 22.0 Å². The van der Waals surface area contributed by atoms with Crippen LogP contribution in [-0.4, -0.2) is 10.2 Å². The summed E-state index contributed by atoms with van der Waals surface area (Å²) in [7, 11) is 0. The molecule has 0 atom stereocenters. The van der Waals surface area contributed by atoms with E-state index in [-0.39, 0.29) is 0 Å². The molecule has 1 aromatic carbocycles. The first-order chi connectivity index (χ1) is 6.93. The molecular formula is C12H8N2. The average Bonchev–Trinajstić information content (AvgIpc) is 2.58. The van der Waals surface area contributed by atoms with E-state index in [4.69, 9.17) is 0 Å². The van der Waals surface area contributed by atoms with E-state index in [1.54, 1.807) is 6.20 Å². The molecule has 14 heavy (non-hydrogen) atoms. The van der Waals surface area contributed by atoms with Gasteiger partial charge in [0.25, 0.3) is 0 Å². The van der Waals surface area contributed by atoms with Crippen LogP contribution in [0.4, 0.5) is 0 Å². The normalized spacial score (nSPS) is 10.9. The predicted molar refractivity (Wildman–Crippen MR) is 56.2 cm³/mol. The molecule has 2 heteroatoms. The minimum absolute atomic E-state index is 0.946. The van der Waals surface area contributed by atoms with Crippen LogP contribution in [0.5, 0.6) is 0 Å². The van der Waals surface area contributed by atoms with Gasteiger partial charge < -0.3 is 0 Å². The second kappa shape index (κ2) is 2.77. The van der Waals surface area contributed by atoms with Crippen molar-refractivity contribution in [1.82, 2.24) is 10.2 Å². The van der Waals surface area contributed by atoms with Crippen LogP contribution in [0.3, 0.4) is 0 Å². The Hall–Kier alpha value is -1.96. The molecule has 0 aromatic heterocycles. The van der Waals surface area contributed by atoms with Crippen LogP contribution in [-0.2, 0) is 0 Å². The molecule has 1 aromatic rings. The number of rotatable bonds is 0. The van der Waals surface area contributed by atoms with Gasteiger partial charge in [-0.1, -0.05) is 30.3 Å². The number of aromatic nitrogens is 2. The van der Waals surface area contributed by atoms with E-state index in [0.717, 1.165) is 11.3 Å². The lowest BCUT2D eigenvalue weighted by molar-refractivity contribution is 1.10. The van der Waals surface area contributed by atoms with E-state index >= 15 is 0 Å². The van der Waals surface area contributed by atoms with Crippen LogP contribution in [0.2, 0.25) is 0 Å². The summed E-state index contributed by atoms with van der Waals surface area (Å²) in [4.78, 5) is 0. The minimum Gasteiger partial charge on any atom is -0.158 e. The van der Waals surface area contributed by atoms with Crippen molar-refractivity contribution in [2.75, 3.05) is 0 Å². The second-order valence-corrected chi connectivity index (χ2v) is 3.29. The van der Waals surface area contributed by atoms with Crippen molar-refractivity contribution in [3.05, 3.63) is 48.7 Å². The number of fused-ring (bicyclic) bond motifs is 2. The molecule has 1 aliphatic heterocycles. The Balaban J connectivity index is 2.48. The lowest BCUT2D eigenvalue weighted by Gasteiger charge is -1.89. The molecule has 0 saturated heterocycles. The maximum Gasteiger partial charge on any atom is 0.0945 e. The Morgan fingerprint density at radius 2 is 1.71 bits per heavy atom. The van der Waals surface area contributed by atoms with Crippen LogP contribution >= 0.6 is 0 Å². The standard InChI is InChI=1S/C12H8N2/c1-2-4-10-7-11-8-13-14-12(11)6-5-9(10)3-1/h1-8H. The molecule has 0 amide bonds. The molecule has 0 bridgehead atoms. The van der Waals surface area contributed by atoms with Gasteiger partial charge in [0.05, 0.1) is 11.9 Å². The van der Waals surface area contributed by atoms with Crippen LogP contribution < -0.4 is 0 Å². The minimum atomic E-state index is 0.946. The lowest BCUT2D eigenvalue weighted by atomic mass is 10.2. The molecule has 3 rings (SSSR count). The Morgan fingerprint density at radius 1 is 0.857 bits per heavy atom. The number of hydrogen-bond donors (Lipinski definition) is 0.